The van der Waals surface area contributed by atoms with Gasteiger partial charge in [0.2, 0.25) is 23.1 Å². The Bertz CT molecular complexity index is 1420. The van der Waals surface area contributed by atoms with Crippen molar-refractivity contribution >= 4 is 56.8 Å². The number of carbonyl (C=O) groups excluding carboxylic acids is 4. The molecule has 0 bridgehead atoms. The summed E-state index contributed by atoms with van der Waals surface area (Å²) in [5.41, 5.74) is 2.66. The predicted molar refractivity (Wildman–Crippen MR) is 125 cm³/mol. The smallest absolute Gasteiger partial charge is 0.233 e. The second-order valence-corrected chi connectivity index (χ2v) is 7.63. The summed E-state index contributed by atoms with van der Waals surface area (Å²) in [6.45, 7) is 0. The van der Waals surface area contributed by atoms with Crippen LogP contribution in [0.1, 0.15) is 31.8 Å². The molecule has 4 aromatic carbocycles. The fourth-order valence-electron chi connectivity index (χ4n) is 3.93. The SMILES string of the molecule is O=C1C=Cc2cc3ccccc3cc2C1=O.O=C1C=Cc2cc3ccccc3cc2C1=O. The Labute approximate surface area is 183 Å². The van der Waals surface area contributed by atoms with Crippen LogP contribution >= 0.6 is 0 Å². The third-order valence-electron chi connectivity index (χ3n) is 5.60. The maximum Gasteiger partial charge on any atom is 0.233 e. The van der Waals surface area contributed by atoms with Crippen molar-refractivity contribution in [3.63, 3.8) is 0 Å². The van der Waals surface area contributed by atoms with Crippen LogP contribution in [-0.4, -0.2) is 23.1 Å². The Morgan fingerprint density at radius 2 is 0.750 bits per heavy atom. The fraction of sp³-hybridized carbons (Fsp3) is 0. The van der Waals surface area contributed by atoms with Gasteiger partial charge in [-0.25, -0.2) is 0 Å². The quantitative estimate of drug-likeness (QED) is 0.368. The molecule has 0 fully saturated rings. The molecule has 4 nitrogen and oxygen atoms in total. The molecular weight excluding hydrogens is 400 g/mol. The summed E-state index contributed by atoms with van der Waals surface area (Å²) in [4.78, 5) is 45.8. The molecule has 0 amide bonds. The molecular formula is C28H16O4. The molecule has 0 atom stereocenters. The van der Waals surface area contributed by atoms with Crippen LogP contribution in [0.2, 0.25) is 0 Å². The van der Waals surface area contributed by atoms with Crippen LogP contribution in [0.15, 0.2) is 84.9 Å². The first-order chi connectivity index (χ1) is 15.5. The Hall–Kier alpha value is -4.44. The van der Waals surface area contributed by atoms with Crippen LogP contribution in [-0.2, 0) is 9.59 Å². The van der Waals surface area contributed by atoms with Crippen molar-refractivity contribution in [2.75, 3.05) is 0 Å². The molecule has 0 aromatic heterocycles. The Kier molecular flexibility index (Phi) is 4.68. The van der Waals surface area contributed by atoms with Gasteiger partial charge in [0.05, 0.1) is 0 Å². The van der Waals surface area contributed by atoms with Crippen LogP contribution in [0.4, 0.5) is 0 Å². The van der Waals surface area contributed by atoms with E-state index in [9.17, 15) is 19.2 Å². The number of allylic oxidation sites excluding steroid dienone is 2. The number of hydrogen-bond donors (Lipinski definition) is 0. The van der Waals surface area contributed by atoms with Crippen molar-refractivity contribution < 1.29 is 19.2 Å². The minimum Gasteiger partial charge on any atom is -0.286 e. The van der Waals surface area contributed by atoms with Crippen molar-refractivity contribution in [2.45, 2.75) is 0 Å². The molecule has 152 valence electrons. The predicted octanol–water partition coefficient (Wildman–Crippen LogP) is 5.24. The lowest BCUT2D eigenvalue weighted by Gasteiger charge is -2.09. The van der Waals surface area contributed by atoms with Crippen LogP contribution in [0.5, 0.6) is 0 Å². The molecule has 2 aliphatic carbocycles. The lowest BCUT2D eigenvalue weighted by atomic mass is 9.92. The number of ketones is 4. The summed E-state index contributed by atoms with van der Waals surface area (Å²) in [6.07, 6.45) is 6.07. The third-order valence-corrected chi connectivity index (χ3v) is 5.60. The minimum absolute atomic E-state index is 0.414. The van der Waals surface area contributed by atoms with E-state index in [4.69, 9.17) is 0 Å². The second-order valence-electron chi connectivity index (χ2n) is 7.63. The summed E-state index contributed by atoms with van der Waals surface area (Å²) < 4.78 is 0. The lowest BCUT2D eigenvalue weighted by Crippen LogP contribution is -2.15. The van der Waals surface area contributed by atoms with Crippen LogP contribution < -0.4 is 0 Å². The first kappa shape index (κ1) is 19.5. The molecule has 32 heavy (non-hydrogen) atoms. The highest BCUT2D eigenvalue weighted by atomic mass is 16.2. The van der Waals surface area contributed by atoms with E-state index < -0.39 is 23.1 Å². The Morgan fingerprint density at radius 3 is 1.12 bits per heavy atom. The molecule has 0 unspecified atom stereocenters. The normalized spacial score (nSPS) is 14.2. The molecule has 6 rings (SSSR count). The number of hydrogen-bond acceptors (Lipinski definition) is 4. The van der Waals surface area contributed by atoms with Gasteiger partial charge in [0.15, 0.2) is 0 Å². The molecule has 4 aromatic rings. The second kappa shape index (κ2) is 7.67. The summed E-state index contributed by atoms with van der Waals surface area (Å²) in [6, 6.07) is 23.0. The van der Waals surface area contributed by atoms with Gasteiger partial charge in [-0.05, 0) is 69.1 Å². The van der Waals surface area contributed by atoms with E-state index >= 15 is 0 Å². The van der Waals surface area contributed by atoms with Crippen molar-refractivity contribution in [3.8, 4) is 0 Å². The molecule has 0 saturated carbocycles. The van der Waals surface area contributed by atoms with Crippen molar-refractivity contribution in [2.24, 2.45) is 0 Å². The van der Waals surface area contributed by atoms with E-state index in [1.807, 2.05) is 60.7 Å². The number of carbonyl (C=O) groups is 4. The highest BCUT2D eigenvalue weighted by molar-refractivity contribution is 6.50. The summed E-state index contributed by atoms with van der Waals surface area (Å²) in [5.74, 6) is -1.71. The van der Waals surface area contributed by atoms with Gasteiger partial charge in [0, 0.05) is 11.1 Å². The average molecular weight is 416 g/mol. The van der Waals surface area contributed by atoms with Gasteiger partial charge in [-0.2, -0.15) is 0 Å². The molecule has 0 aliphatic heterocycles. The van der Waals surface area contributed by atoms with Gasteiger partial charge in [-0.1, -0.05) is 60.7 Å². The van der Waals surface area contributed by atoms with Gasteiger partial charge < -0.3 is 0 Å². The molecule has 0 saturated heterocycles. The van der Waals surface area contributed by atoms with Gasteiger partial charge in [0.1, 0.15) is 0 Å². The highest BCUT2D eigenvalue weighted by Gasteiger charge is 2.21. The van der Waals surface area contributed by atoms with Gasteiger partial charge >= 0.3 is 0 Å². The van der Waals surface area contributed by atoms with E-state index in [2.05, 4.69) is 0 Å². The molecule has 2 aliphatic rings. The molecule has 0 spiro atoms. The first-order valence-corrected chi connectivity index (χ1v) is 10.1. The topological polar surface area (TPSA) is 68.3 Å². The Morgan fingerprint density at radius 1 is 0.406 bits per heavy atom. The molecule has 4 heteroatoms. The number of benzene rings is 4. The minimum atomic E-state index is -0.442. The van der Waals surface area contributed by atoms with Crippen LogP contribution in [0.3, 0.4) is 0 Å². The largest absolute Gasteiger partial charge is 0.286 e. The number of fused-ring (bicyclic) bond motifs is 4. The molecule has 0 heterocycles. The van der Waals surface area contributed by atoms with Gasteiger partial charge in [-0.3, -0.25) is 19.2 Å². The number of Topliss-reactive ketones (excluding diaryl/α,β-unsaturated/α-hetero) is 2. The van der Waals surface area contributed by atoms with Crippen molar-refractivity contribution in [1.29, 1.82) is 0 Å². The Balaban J connectivity index is 0.000000135. The van der Waals surface area contributed by atoms with Gasteiger partial charge in [0.25, 0.3) is 0 Å². The fourth-order valence-corrected chi connectivity index (χ4v) is 3.93. The zero-order valence-corrected chi connectivity index (χ0v) is 16.9. The standard InChI is InChI=1S/2C14H8O2/c2*15-13-6-5-11-7-9-3-1-2-4-10(9)8-12(11)14(13)16/h2*1-8H. The van der Waals surface area contributed by atoms with E-state index in [-0.39, 0.29) is 0 Å². The monoisotopic (exact) mass is 416 g/mol. The molecule has 0 N–H and O–H groups in total. The van der Waals surface area contributed by atoms with Gasteiger partial charge in [-0.15, -0.1) is 0 Å². The number of rotatable bonds is 0. The van der Waals surface area contributed by atoms with E-state index in [1.165, 1.54) is 12.2 Å². The third kappa shape index (κ3) is 3.38. The van der Waals surface area contributed by atoms with Crippen LogP contribution in [0.25, 0.3) is 33.7 Å². The summed E-state index contributed by atoms with van der Waals surface area (Å²) >= 11 is 0. The first-order valence-electron chi connectivity index (χ1n) is 10.1. The van der Waals surface area contributed by atoms with E-state index in [0.717, 1.165) is 32.7 Å². The zero-order valence-electron chi connectivity index (χ0n) is 16.9. The average Bonchev–Trinajstić information content (AvgIpc) is 2.82. The van der Waals surface area contributed by atoms with E-state index in [0.29, 0.717) is 11.1 Å². The van der Waals surface area contributed by atoms with E-state index in [1.54, 1.807) is 24.3 Å². The zero-order chi connectivity index (χ0) is 22.2. The summed E-state index contributed by atoms with van der Waals surface area (Å²) in [7, 11) is 0. The maximum atomic E-state index is 11.7. The lowest BCUT2D eigenvalue weighted by molar-refractivity contribution is -0.111. The van der Waals surface area contributed by atoms with Crippen molar-refractivity contribution in [1.82, 2.24) is 0 Å². The van der Waals surface area contributed by atoms with Crippen molar-refractivity contribution in [3.05, 3.63) is 107 Å². The molecule has 0 radical (unpaired) electrons. The summed E-state index contributed by atoms with van der Waals surface area (Å²) in [5, 5.41) is 4.12. The highest BCUT2D eigenvalue weighted by Crippen LogP contribution is 2.25. The maximum absolute atomic E-state index is 11.7. The van der Waals surface area contributed by atoms with Crippen LogP contribution in [0, 0.1) is 0 Å².